The number of halogens is 2. The Hall–Kier alpha value is -2.45. The summed E-state index contributed by atoms with van der Waals surface area (Å²) in [4.78, 5) is 0. The molecule has 2 rings (SSSR count). The zero-order valence-electron chi connectivity index (χ0n) is 10.6. The molecule has 0 unspecified atom stereocenters. The molecule has 0 radical (unpaired) electrons. The van der Waals surface area contributed by atoms with Gasteiger partial charge in [0.25, 0.3) is 0 Å². The molecule has 20 heavy (non-hydrogen) atoms. The molecule has 2 aromatic carbocycles. The number of ether oxygens (including phenoxy) is 1. The second kappa shape index (κ2) is 5.68. The minimum absolute atomic E-state index is 0.00253. The molecule has 5 heteroatoms. The molecule has 2 aromatic rings. The number of nitriles is 1. The molecule has 3 nitrogen and oxygen atoms in total. The summed E-state index contributed by atoms with van der Waals surface area (Å²) in [5.74, 6) is -1.11. The minimum atomic E-state index is -1.06. The van der Waals surface area contributed by atoms with Gasteiger partial charge in [-0.1, -0.05) is 6.07 Å². The number of nitrogens with zero attached hydrogens (tertiary/aromatic N) is 1. The number of rotatable bonds is 3. The van der Waals surface area contributed by atoms with Crippen molar-refractivity contribution in [3.05, 3.63) is 59.2 Å². The molecule has 0 saturated heterocycles. The van der Waals surface area contributed by atoms with E-state index in [1.165, 1.54) is 37.3 Å². The van der Waals surface area contributed by atoms with Gasteiger partial charge in [-0.2, -0.15) is 5.26 Å². The molecule has 102 valence electrons. The number of benzene rings is 2. The van der Waals surface area contributed by atoms with E-state index < -0.39 is 17.7 Å². The van der Waals surface area contributed by atoms with Crippen LogP contribution in [0.5, 0.6) is 11.5 Å². The van der Waals surface area contributed by atoms with E-state index in [0.29, 0.717) is 0 Å². The number of aliphatic hydroxyl groups is 1. The van der Waals surface area contributed by atoms with Crippen molar-refractivity contribution in [2.24, 2.45) is 0 Å². The lowest BCUT2D eigenvalue weighted by atomic mass is 10.1. The third kappa shape index (κ3) is 2.76. The Kier molecular flexibility index (Phi) is 3.97. The highest BCUT2D eigenvalue weighted by molar-refractivity contribution is 5.42. The fraction of sp³-hybridized carbons (Fsp3) is 0.133. The maximum Gasteiger partial charge on any atom is 0.144 e. The van der Waals surface area contributed by atoms with Crippen molar-refractivity contribution >= 4 is 0 Å². The Morgan fingerprint density at radius 1 is 1.20 bits per heavy atom. The van der Waals surface area contributed by atoms with Crippen molar-refractivity contribution in [1.29, 1.82) is 5.26 Å². The summed E-state index contributed by atoms with van der Waals surface area (Å²) >= 11 is 0. The van der Waals surface area contributed by atoms with Crippen LogP contribution < -0.4 is 4.74 Å². The predicted octanol–water partition coefficient (Wildman–Crippen LogP) is 3.68. The fourth-order valence-electron chi connectivity index (χ4n) is 1.79. The summed E-state index contributed by atoms with van der Waals surface area (Å²) in [5.41, 5.74) is -0.107. The van der Waals surface area contributed by atoms with E-state index in [9.17, 15) is 13.9 Å². The Morgan fingerprint density at radius 2 is 1.95 bits per heavy atom. The third-order valence-electron chi connectivity index (χ3n) is 2.72. The molecular weight excluding hydrogens is 264 g/mol. The molecule has 0 bridgehead atoms. The van der Waals surface area contributed by atoms with Crippen molar-refractivity contribution in [3.63, 3.8) is 0 Å². The van der Waals surface area contributed by atoms with Gasteiger partial charge in [0.2, 0.25) is 0 Å². The van der Waals surface area contributed by atoms with Crippen molar-refractivity contribution in [2.45, 2.75) is 13.0 Å². The van der Waals surface area contributed by atoms with Gasteiger partial charge in [0.15, 0.2) is 0 Å². The maximum absolute atomic E-state index is 13.6. The van der Waals surface area contributed by atoms with E-state index in [-0.39, 0.29) is 22.6 Å². The van der Waals surface area contributed by atoms with Crippen molar-refractivity contribution < 1.29 is 18.6 Å². The first-order valence-electron chi connectivity index (χ1n) is 5.87. The van der Waals surface area contributed by atoms with Gasteiger partial charge >= 0.3 is 0 Å². The second-order valence-electron chi connectivity index (χ2n) is 4.18. The average Bonchev–Trinajstić information content (AvgIpc) is 2.38. The van der Waals surface area contributed by atoms with Crippen molar-refractivity contribution in [3.8, 4) is 17.6 Å². The molecule has 0 aromatic heterocycles. The van der Waals surface area contributed by atoms with Gasteiger partial charge in [-0.05, 0) is 31.2 Å². The van der Waals surface area contributed by atoms with Gasteiger partial charge in [0.05, 0.1) is 17.2 Å². The van der Waals surface area contributed by atoms with E-state index in [1.54, 1.807) is 6.07 Å². The normalized spacial score (nSPS) is 11.8. The first-order chi connectivity index (χ1) is 9.52. The summed E-state index contributed by atoms with van der Waals surface area (Å²) < 4.78 is 32.5. The Balaban J connectivity index is 2.38. The fourth-order valence-corrected chi connectivity index (χ4v) is 1.79. The first-order valence-corrected chi connectivity index (χ1v) is 5.87. The first kappa shape index (κ1) is 14.0. The molecule has 0 heterocycles. The van der Waals surface area contributed by atoms with Gasteiger partial charge < -0.3 is 9.84 Å². The molecule has 0 amide bonds. The second-order valence-corrected chi connectivity index (χ2v) is 4.18. The van der Waals surface area contributed by atoms with Gasteiger partial charge in [0.1, 0.15) is 29.2 Å². The number of hydrogen-bond donors (Lipinski definition) is 1. The zero-order chi connectivity index (χ0) is 14.7. The molecule has 0 saturated carbocycles. The van der Waals surface area contributed by atoms with Crippen LogP contribution in [0.4, 0.5) is 8.78 Å². The molecule has 0 aliphatic rings. The van der Waals surface area contributed by atoms with Crippen LogP contribution >= 0.6 is 0 Å². The van der Waals surface area contributed by atoms with Crippen molar-refractivity contribution in [2.75, 3.05) is 0 Å². The lowest BCUT2D eigenvalue weighted by molar-refractivity contribution is 0.190. The van der Waals surface area contributed by atoms with E-state index >= 15 is 0 Å². The lowest BCUT2D eigenvalue weighted by Gasteiger charge is -2.14. The SMILES string of the molecule is C[C@H](O)c1c(F)cccc1Oc1ccc(C#N)c(F)c1. The van der Waals surface area contributed by atoms with Crippen LogP contribution in [0.15, 0.2) is 36.4 Å². The van der Waals surface area contributed by atoms with Crippen LogP contribution in [0, 0.1) is 23.0 Å². The van der Waals surface area contributed by atoms with Crippen LogP contribution in [0.1, 0.15) is 24.2 Å². The highest BCUT2D eigenvalue weighted by atomic mass is 19.1. The largest absolute Gasteiger partial charge is 0.457 e. The van der Waals surface area contributed by atoms with E-state index in [4.69, 9.17) is 10.00 Å². The highest BCUT2D eigenvalue weighted by Gasteiger charge is 2.15. The summed E-state index contributed by atoms with van der Waals surface area (Å²) in [5, 5.41) is 18.2. The molecule has 0 fully saturated rings. The molecule has 1 atom stereocenters. The third-order valence-corrected chi connectivity index (χ3v) is 2.72. The smallest absolute Gasteiger partial charge is 0.144 e. The van der Waals surface area contributed by atoms with Crippen LogP contribution in [0.3, 0.4) is 0 Å². The van der Waals surface area contributed by atoms with E-state index in [0.717, 1.165) is 6.07 Å². The van der Waals surface area contributed by atoms with Gasteiger partial charge in [-0.25, -0.2) is 8.78 Å². The average molecular weight is 275 g/mol. The van der Waals surface area contributed by atoms with Crippen molar-refractivity contribution in [1.82, 2.24) is 0 Å². The quantitative estimate of drug-likeness (QED) is 0.929. The standard InChI is InChI=1S/C15H11F2NO2/c1-9(19)15-12(16)3-2-4-14(15)20-11-6-5-10(8-18)13(17)7-11/h2-7,9,19H,1H3/t9-/m0/s1. The van der Waals surface area contributed by atoms with Crippen LogP contribution in [-0.2, 0) is 0 Å². The highest BCUT2D eigenvalue weighted by Crippen LogP contribution is 2.32. The lowest BCUT2D eigenvalue weighted by Crippen LogP contribution is -2.00. The van der Waals surface area contributed by atoms with Gasteiger partial charge in [-0.15, -0.1) is 0 Å². The molecule has 0 aliphatic heterocycles. The molecule has 0 spiro atoms. The monoisotopic (exact) mass is 275 g/mol. The van der Waals surface area contributed by atoms with Crippen LogP contribution in [0.25, 0.3) is 0 Å². The van der Waals surface area contributed by atoms with E-state index in [2.05, 4.69) is 0 Å². The summed E-state index contributed by atoms with van der Waals surface area (Å²) in [6.07, 6.45) is -1.06. The maximum atomic E-state index is 13.6. The summed E-state index contributed by atoms with van der Waals surface area (Å²) in [6.45, 7) is 1.41. The molecule has 1 N–H and O–H groups in total. The summed E-state index contributed by atoms with van der Waals surface area (Å²) in [7, 11) is 0. The number of hydrogen-bond acceptors (Lipinski definition) is 3. The predicted molar refractivity (Wildman–Crippen MR) is 68.2 cm³/mol. The minimum Gasteiger partial charge on any atom is -0.457 e. The Bertz CT molecular complexity index is 678. The van der Waals surface area contributed by atoms with Crippen LogP contribution in [-0.4, -0.2) is 5.11 Å². The molecule has 0 aliphatic carbocycles. The van der Waals surface area contributed by atoms with Gasteiger partial charge in [0, 0.05) is 6.07 Å². The summed E-state index contributed by atoms with van der Waals surface area (Å²) in [6, 6.07) is 9.51. The number of aliphatic hydroxyl groups excluding tert-OH is 1. The van der Waals surface area contributed by atoms with Crippen LogP contribution in [0.2, 0.25) is 0 Å². The zero-order valence-corrected chi connectivity index (χ0v) is 10.6. The van der Waals surface area contributed by atoms with Gasteiger partial charge in [-0.3, -0.25) is 0 Å². The van der Waals surface area contributed by atoms with E-state index in [1.807, 2.05) is 0 Å². The Morgan fingerprint density at radius 3 is 2.55 bits per heavy atom. The topological polar surface area (TPSA) is 53.2 Å². The molecular formula is C15H11F2NO2. The Labute approximate surface area is 114 Å².